The van der Waals surface area contributed by atoms with Gasteiger partial charge in [0.05, 0.1) is 6.10 Å². The molecule has 0 saturated heterocycles. The molecule has 1 aromatic rings. The molecule has 0 aliphatic heterocycles. The van der Waals surface area contributed by atoms with E-state index in [1.165, 1.54) is 6.42 Å². The predicted octanol–water partition coefficient (Wildman–Crippen LogP) is 4.38. The Balaban J connectivity index is 2.18. The Bertz CT molecular complexity index is 537. The maximum Gasteiger partial charge on any atom is 0.256 e. The van der Waals surface area contributed by atoms with E-state index in [2.05, 4.69) is 5.32 Å². The largest absolute Gasteiger partial charge is 0.490 e. The number of ether oxygens (including phenoxy) is 2. The summed E-state index contributed by atoms with van der Waals surface area (Å²) >= 11 is 0. The van der Waals surface area contributed by atoms with Gasteiger partial charge in [0.15, 0.2) is 0 Å². The van der Waals surface area contributed by atoms with Crippen LogP contribution in [0.25, 0.3) is 0 Å². The van der Waals surface area contributed by atoms with Crippen molar-refractivity contribution in [2.24, 2.45) is 0 Å². The molecular formula is C19H29NO3. The third-order valence-electron chi connectivity index (χ3n) is 4.54. The Kier molecular flexibility index (Phi) is 5.69. The first-order valence-electron chi connectivity index (χ1n) is 8.52. The Labute approximate surface area is 139 Å². The molecule has 1 saturated carbocycles. The number of nitrogens with one attached hydrogen (secondary N) is 1. The van der Waals surface area contributed by atoms with Crippen molar-refractivity contribution in [1.82, 2.24) is 0 Å². The van der Waals surface area contributed by atoms with Crippen LogP contribution in [0.5, 0.6) is 5.75 Å². The van der Waals surface area contributed by atoms with E-state index in [9.17, 15) is 4.79 Å². The van der Waals surface area contributed by atoms with Gasteiger partial charge in [0.1, 0.15) is 11.4 Å². The molecule has 128 valence electrons. The van der Waals surface area contributed by atoms with Crippen molar-refractivity contribution in [2.75, 3.05) is 12.4 Å². The number of carbonyl (C=O) groups is 1. The first-order chi connectivity index (χ1) is 10.9. The summed E-state index contributed by atoms with van der Waals surface area (Å²) in [5.74, 6) is 0.869. The summed E-state index contributed by atoms with van der Waals surface area (Å²) in [5.41, 5.74) is 2.20. The summed E-state index contributed by atoms with van der Waals surface area (Å²) in [6.07, 6.45) is 4.98. The minimum atomic E-state index is -0.673. The number of carbonyl (C=O) groups excluding carboxylic acids is 1. The second-order valence-electron chi connectivity index (χ2n) is 6.82. The molecule has 1 N–H and O–H groups in total. The van der Waals surface area contributed by atoms with Crippen molar-refractivity contribution < 1.29 is 14.3 Å². The summed E-state index contributed by atoms with van der Waals surface area (Å²) in [4.78, 5) is 12.7. The molecule has 0 unspecified atom stereocenters. The molecule has 4 heteroatoms. The van der Waals surface area contributed by atoms with Crippen LogP contribution in [-0.2, 0) is 9.53 Å². The summed E-state index contributed by atoms with van der Waals surface area (Å²) in [7, 11) is 1.64. The van der Waals surface area contributed by atoms with Crippen molar-refractivity contribution in [3.05, 3.63) is 23.3 Å². The molecule has 23 heavy (non-hydrogen) atoms. The number of methoxy groups -OCH3 is 1. The quantitative estimate of drug-likeness (QED) is 0.876. The Morgan fingerprint density at radius 3 is 2.17 bits per heavy atom. The number of amides is 1. The first kappa shape index (κ1) is 17.8. The van der Waals surface area contributed by atoms with Crippen molar-refractivity contribution in [3.63, 3.8) is 0 Å². The molecule has 0 radical (unpaired) electrons. The van der Waals surface area contributed by atoms with Crippen LogP contribution in [0.15, 0.2) is 12.1 Å². The average molecular weight is 319 g/mol. The van der Waals surface area contributed by atoms with Crippen LogP contribution in [0.2, 0.25) is 0 Å². The van der Waals surface area contributed by atoms with E-state index >= 15 is 0 Å². The Morgan fingerprint density at radius 1 is 1.13 bits per heavy atom. The van der Waals surface area contributed by atoms with E-state index < -0.39 is 5.60 Å². The fourth-order valence-electron chi connectivity index (χ4n) is 3.34. The molecule has 0 atom stereocenters. The van der Waals surface area contributed by atoms with Gasteiger partial charge in [-0.2, -0.15) is 0 Å². The van der Waals surface area contributed by atoms with Crippen LogP contribution in [0.3, 0.4) is 0 Å². The zero-order chi connectivity index (χ0) is 17.0. The van der Waals surface area contributed by atoms with Crippen molar-refractivity contribution in [2.45, 2.75) is 71.5 Å². The predicted molar refractivity (Wildman–Crippen MR) is 93.1 cm³/mol. The van der Waals surface area contributed by atoms with Crippen LogP contribution < -0.4 is 10.1 Å². The molecule has 0 heterocycles. The van der Waals surface area contributed by atoms with Gasteiger partial charge in [-0.25, -0.2) is 0 Å². The lowest BCUT2D eigenvalue weighted by Crippen LogP contribution is -2.46. The van der Waals surface area contributed by atoms with Crippen LogP contribution in [0.1, 0.15) is 57.1 Å². The highest BCUT2D eigenvalue weighted by atomic mass is 16.5. The lowest BCUT2D eigenvalue weighted by atomic mass is 9.84. The van der Waals surface area contributed by atoms with Gasteiger partial charge in [-0.05, 0) is 63.8 Å². The second kappa shape index (κ2) is 7.35. The van der Waals surface area contributed by atoms with Gasteiger partial charge in [-0.3, -0.25) is 4.79 Å². The molecule has 0 aromatic heterocycles. The van der Waals surface area contributed by atoms with Crippen LogP contribution in [0.4, 0.5) is 5.69 Å². The Morgan fingerprint density at radius 2 is 1.70 bits per heavy atom. The van der Waals surface area contributed by atoms with E-state index in [0.717, 1.165) is 48.2 Å². The van der Waals surface area contributed by atoms with Crippen molar-refractivity contribution in [1.29, 1.82) is 0 Å². The van der Waals surface area contributed by atoms with Crippen LogP contribution in [0, 0.1) is 13.8 Å². The van der Waals surface area contributed by atoms with E-state index in [1.54, 1.807) is 7.11 Å². The van der Waals surface area contributed by atoms with E-state index in [-0.39, 0.29) is 12.0 Å². The molecule has 1 aliphatic rings. The molecule has 1 fully saturated rings. The summed E-state index contributed by atoms with van der Waals surface area (Å²) < 4.78 is 11.5. The molecule has 1 amide bonds. The number of benzene rings is 1. The molecule has 0 spiro atoms. The zero-order valence-corrected chi connectivity index (χ0v) is 15.0. The summed E-state index contributed by atoms with van der Waals surface area (Å²) in [6, 6.07) is 3.93. The van der Waals surface area contributed by atoms with Gasteiger partial charge in [0, 0.05) is 12.8 Å². The second-order valence-corrected chi connectivity index (χ2v) is 6.82. The first-order valence-corrected chi connectivity index (χ1v) is 8.52. The van der Waals surface area contributed by atoms with Gasteiger partial charge in [0.2, 0.25) is 0 Å². The third kappa shape index (κ3) is 4.05. The highest BCUT2D eigenvalue weighted by Crippen LogP contribution is 2.33. The molecule has 1 aromatic carbocycles. The zero-order valence-electron chi connectivity index (χ0n) is 15.0. The minimum absolute atomic E-state index is 0.0315. The van der Waals surface area contributed by atoms with Crippen molar-refractivity contribution >= 4 is 11.6 Å². The number of hydrogen-bond donors (Lipinski definition) is 1. The summed E-state index contributed by atoms with van der Waals surface area (Å²) in [6.45, 7) is 8.04. The lowest BCUT2D eigenvalue weighted by molar-refractivity contribution is -0.141. The van der Waals surface area contributed by atoms with Gasteiger partial charge >= 0.3 is 0 Å². The monoisotopic (exact) mass is 319 g/mol. The number of rotatable bonds is 5. The fourth-order valence-corrected chi connectivity index (χ4v) is 3.34. The third-order valence-corrected chi connectivity index (χ3v) is 4.54. The maximum absolute atomic E-state index is 12.7. The van der Waals surface area contributed by atoms with E-state index in [0.29, 0.717) is 0 Å². The maximum atomic E-state index is 12.7. The highest BCUT2D eigenvalue weighted by molar-refractivity contribution is 5.97. The van der Waals surface area contributed by atoms with Gasteiger partial charge < -0.3 is 14.8 Å². The number of anilines is 1. The number of hydrogen-bond acceptors (Lipinski definition) is 3. The number of aryl methyl sites for hydroxylation is 2. The molecular weight excluding hydrogens is 290 g/mol. The standard InChI is InChI=1S/C19H29NO3/c1-13(2)23-17-14(3)11-16(12-15(17)4)20-18(21)19(22-5)9-7-6-8-10-19/h11-13H,6-10H2,1-5H3,(H,20,21). The van der Waals surface area contributed by atoms with Crippen LogP contribution >= 0.6 is 0 Å². The Hall–Kier alpha value is -1.55. The molecule has 1 aliphatic carbocycles. The lowest BCUT2D eigenvalue weighted by Gasteiger charge is -2.34. The SMILES string of the molecule is COC1(C(=O)Nc2cc(C)c(OC(C)C)c(C)c2)CCCCC1. The van der Waals surface area contributed by atoms with Crippen molar-refractivity contribution in [3.8, 4) is 5.75 Å². The highest BCUT2D eigenvalue weighted by Gasteiger charge is 2.39. The van der Waals surface area contributed by atoms with E-state index in [1.807, 2.05) is 39.8 Å². The average Bonchev–Trinajstić information content (AvgIpc) is 2.51. The van der Waals surface area contributed by atoms with Gasteiger partial charge in [-0.15, -0.1) is 0 Å². The smallest absolute Gasteiger partial charge is 0.256 e. The minimum Gasteiger partial charge on any atom is -0.490 e. The summed E-state index contributed by atoms with van der Waals surface area (Å²) in [5, 5.41) is 3.05. The fraction of sp³-hybridized carbons (Fsp3) is 0.632. The molecule has 2 rings (SSSR count). The topological polar surface area (TPSA) is 47.6 Å². The molecule has 0 bridgehead atoms. The van der Waals surface area contributed by atoms with Crippen LogP contribution in [-0.4, -0.2) is 24.7 Å². The van der Waals surface area contributed by atoms with Gasteiger partial charge in [0.25, 0.3) is 5.91 Å². The normalized spacial score (nSPS) is 17.1. The van der Waals surface area contributed by atoms with Gasteiger partial charge in [-0.1, -0.05) is 19.3 Å². The molecule has 4 nitrogen and oxygen atoms in total. The van der Waals surface area contributed by atoms with E-state index in [4.69, 9.17) is 9.47 Å².